The predicted octanol–water partition coefficient (Wildman–Crippen LogP) is 3.51. The minimum atomic E-state index is 0.437. The number of nitrogens with zero attached hydrogens (tertiary/aromatic N) is 1. The van der Waals surface area contributed by atoms with Crippen LogP contribution in [0, 0.1) is 23.7 Å². The molecule has 2 rings (SSSR count). The third-order valence-electron chi connectivity index (χ3n) is 5.60. The van der Waals surface area contributed by atoms with Crippen LogP contribution in [0.1, 0.15) is 59.3 Å². The van der Waals surface area contributed by atoms with Crippen LogP contribution in [0.4, 0.5) is 0 Å². The zero-order valence-electron chi connectivity index (χ0n) is 13.3. The van der Waals surface area contributed by atoms with Crippen LogP contribution in [0.25, 0.3) is 0 Å². The van der Waals surface area contributed by atoms with Crippen molar-refractivity contribution in [2.24, 2.45) is 29.4 Å². The van der Waals surface area contributed by atoms with Crippen molar-refractivity contribution < 1.29 is 0 Å². The molecule has 0 bridgehead atoms. The highest BCUT2D eigenvalue weighted by atomic mass is 15.1. The van der Waals surface area contributed by atoms with Gasteiger partial charge in [-0.05, 0) is 62.4 Å². The van der Waals surface area contributed by atoms with Gasteiger partial charge in [0.1, 0.15) is 0 Å². The first-order valence-corrected chi connectivity index (χ1v) is 8.58. The molecule has 0 spiro atoms. The Kier molecular flexibility index (Phi) is 5.70. The molecule has 1 aliphatic carbocycles. The molecule has 0 aromatic rings. The number of nitrogens with two attached hydrogens (primary N) is 1. The smallest absolute Gasteiger partial charge is 0.00844 e. The van der Waals surface area contributed by atoms with E-state index in [-0.39, 0.29) is 0 Å². The average molecular weight is 266 g/mol. The molecular formula is C17H34N2. The number of piperidine rings is 1. The molecule has 2 N–H and O–H groups in total. The largest absolute Gasteiger partial charge is 0.327 e. The van der Waals surface area contributed by atoms with Gasteiger partial charge in [0.25, 0.3) is 0 Å². The SMILES string of the molecule is CCCC1CCN(CC2C(C)CC(C)CC2N)CC1. The van der Waals surface area contributed by atoms with E-state index < -0.39 is 0 Å². The molecule has 2 aliphatic rings. The van der Waals surface area contributed by atoms with Crippen molar-refractivity contribution in [1.82, 2.24) is 4.90 Å². The zero-order chi connectivity index (χ0) is 13.8. The van der Waals surface area contributed by atoms with E-state index in [1.807, 2.05) is 0 Å². The molecule has 4 unspecified atom stereocenters. The van der Waals surface area contributed by atoms with Crippen LogP contribution in [0.2, 0.25) is 0 Å². The van der Waals surface area contributed by atoms with Crippen molar-refractivity contribution in [2.45, 2.75) is 65.3 Å². The van der Waals surface area contributed by atoms with E-state index in [9.17, 15) is 0 Å². The topological polar surface area (TPSA) is 29.3 Å². The summed E-state index contributed by atoms with van der Waals surface area (Å²) in [4.78, 5) is 2.70. The molecule has 4 atom stereocenters. The van der Waals surface area contributed by atoms with E-state index in [4.69, 9.17) is 5.73 Å². The van der Waals surface area contributed by atoms with E-state index in [2.05, 4.69) is 25.7 Å². The second-order valence-corrected chi connectivity index (χ2v) is 7.41. The maximum atomic E-state index is 6.43. The molecule has 0 radical (unpaired) electrons. The maximum Gasteiger partial charge on any atom is 0.00844 e. The first kappa shape index (κ1) is 15.3. The molecule has 112 valence electrons. The van der Waals surface area contributed by atoms with Crippen molar-refractivity contribution in [1.29, 1.82) is 0 Å². The van der Waals surface area contributed by atoms with Crippen molar-refractivity contribution in [3.8, 4) is 0 Å². The minimum absolute atomic E-state index is 0.437. The summed E-state index contributed by atoms with van der Waals surface area (Å²) in [7, 11) is 0. The van der Waals surface area contributed by atoms with Crippen LogP contribution < -0.4 is 5.73 Å². The van der Waals surface area contributed by atoms with Crippen molar-refractivity contribution in [3.05, 3.63) is 0 Å². The fourth-order valence-electron chi connectivity index (χ4n) is 4.45. The summed E-state index contributed by atoms with van der Waals surface area (Å²) in [6, 6.07) is 0.437. The summed E-state index contributed by atoms with van der Waals surface area (Å²) in [5.74, 6) is 3.38. The number of hydrogen-bond donors (Lipinski definition) is 1. The van der Waals surface area contributed by atoms with E-state index in [0.29, 0.717) is 6.04 Å². The van der Waals surface area contributed by atoms with Gasteiger partial charge >= 0.3 is 0 Å². The Balaban J connectivity index is 1.78. The molecular weight excluding hydrogens is 232 g/mol. The third-order valence-corrected chi connectivity index (χ3v) is 5.60. The molecule has 19 heavy (non-hydrogen) atoms. The van der Waals surface area contributed by atoms with E-state index >= 15 is 0 Å². The Labute approximate surface area is 120 Å². The molecule has 1 saturated carbocycles. The van der Waals surface area contributed by atoms with Crippen molar-refractivity contribution >= 4 is 0 Å². The van der Waals surface area contributed by atoms with Gasteiger partial charge in [-0.1, -0.05) is 33.6 Å². The standard InChI is InChI=1S/C17H34N2/c1-4-5-15-6-8-19(9-7-15)12-16-14(3)10-13(2)11-17(16)18/h13-17H,4-12,18H2,1-3H3. The van der Waals surface area contributed by atoms with Gasteiger partial charge in [-0.2, -0.15) is 0 Å². The maximum absolute atomic E-state index is 6.43. The lowest BCUT2D eigenvalue weighted by molar-refractivity contribution is 0.0931. The molecule has 2 nitrogen and oxygen atoms in total. The van der Waals surface area contributed by atoms with Gasteiger partial charge in [0.2, 0.25) is 0 Å². The summed E-state index contributed by atoms with van der Waals surface area (Å²) in [6.45, 7) is 11.0. The molecule has 1 heterocycles. The van der Waals surface area contributed by atoms with Gasteiger partial charge in [0.15, 0.2) is 0 Å². The van der Waals surface area contributed by atoms with Gasteiger partial charge in [0, 0.05) is 12.6 Å². The Morgan fingerprint density at radius 3 is 2.37 bits per heavy atom. The molecule has 1 saturated heterocycles. The highest BCUT2D eigenvalue weighted by Gasteiger charge is 2.33. The first-order valence-electron chi connectivity index (χ1n) is 8.58. The second-order valence-electron chi connectivity index (χ2n) is 7.41. The monoisotopic (exact) mass is 266 g/mol. The van der Waals surface area contributed by atoms with Gasteiger partial charge in [-0.3, -0.25) is 0 Å². The normalized spacial score (nSPS) is 38.5. The summed E-state index contributed by atoms with van der Waals surface area (Å²) >= 11 is 0. The highest BCUT2D eigenvalue weighted by Crippen LogP contribution is 2.34. The van der Waals surface area contributed by atoms with Gasteiger partial charge in [-0.15, -0.1) is 0 Å². The lowest BCUT2D eigenvalue weighted by Gasteiger charge is -2.42. The average Bonchev–Trinajstić information content (AvgIpc) is 2.36. The Bertz CT molecular complexity index is 246. The first-order chi connectivity index (χ1) is 9.10. The Morgan fingerprint density at radius 2 is 1.79 bits per heavy atom. The highest BCUT2D eigenvalue weighted by molar-refractivity contribution is 4.88. The van der Waals surface area contributed by atoms with Crippen molar-refractivity contribution in [2.75, 3.05) is 19.6 Å². The molecule has 0 aromatic carbocycles. The summed E-state index contributed by atoms with van der Waals surface area (Å²) in [5.41, 5.74) is 6.43. The van der Waals surface area contributed by atoms with Crippen LogP contribution in [0.15, 0.2) is 0 Å². The van der Waals surface area contributed by atoms with Crippen molar-refractivity contribution in [3.63, 3.8) is 0 Å². The fourth-order valence-corrected chi connectivity index (χ4v) is 4.45. The minimum Gasteiger partial charge on any atom is -0.327 e. The van der Waals surface area contributed by atoms with Gasteiger partial charge in [0.05, 0.1) is 0 Å². The Hall–Kier alpha value is -0.0800. The fraction of sp³-hybridized carbons (Fsp3) is 1.00. The molecule has 2 fully saturated rings. The van der Waals surface area contributed by atoms with E-state index in [0.717, 1.165) is 23.7 Å². The number of hydrogen-bond acceptors (Lipinski definition) is 2. The van der Waals surface area contributed by atoms with Crippen LogP contribution in [0.3, 0.4) is 0 Å². The van der Waals surface area contributed by atoms with Crippen LogP contribution in [-0.4, -0.2) is 30.6 Å². The second kappa shape index (κ2) is 7.08. The van der Waals surface area contributed by atoms with Gasteiger partial charge < -0.3 is 10.6 Å². The van der Waals surface area contributed by atoms with E-state index in [1.165, 1.54) is 58.2 Å². The summed E-state index contributed by atoms with van der Waals surface area (Å²) < 4.78 is 0. The molecule has 1 aliphatic heterocycles. The Morgan fingerprint density at radius 1 is 1.11 bits per heavy atom. The predicted molar refractivity (Wildman–Crippen MR) is 83.1 cm³/mol. The van der Waals surface area contributed by atoms with Crippen LogP contribution in [0.5, 0.6) is 0 Å². The lowest BCUT2D eigenvalue weighted by Crippen LogP contribution is -2.48. The molecule has 0 aromatic heterocycles. The number of likely N-dealkylation sites (tertiary alicyclic amines) is 1. The van der Waals surface area contributed by atoms with Crippen LogP contribution >= 0.6 is 0 Å². The quantitative estimate of drug-likeness (QED) is 0.844. The summed E-state index contributed by atoms with van der Waals surface area (Å²) in [6.07, 6.45) is 8.24. The van der Waals surface area contributed by atoms with E-state index in [1.54, 1.807) is 0 Å². The lowest BCUT2D eigenvalue weighted by atomic mass is 9.72. The van der Waals surface area contributed by atoms with Crippen LogP contribution in [-0.2, 0) is 0 Å². The zero-order valence-corrected chi connectivity index (χ0v) is 13.3. The molecule has 0 amide bonds. The van der Waals surface area contributed by atoms with Gasteiger partial charge in [-0.25, -0.2) is 0 Å². The number of rotatable bonds is 4. The molecule has 2 heteroatoms. The third kappa shape index (κ3) is 4.19. The summed E-state index contributed by atoms with van der Waals surface area (Å²) in [5, 5.41) is 0.